The zero-order valence-electron chi connectivity index (χ0n) is 15.5. The minimum absolute atomic E-state index is 0.0557. The van der Waals surface area contributed by atoms with Crippen molar-refractivity contribution in [1.82, 2.24) is 0 Å². The quantitative estimate of drug-likeness (QED) is 0.549. The SMILES string of the molecule is C=CC[C@]1(COC(C)=O)O[C@H](OCc2ccccc2)[C@H]2OC(C)(C)O[C@H]21. The van der Waals surface area contributed by atoms with Crippen LogP contribution in [-0.2, 0) is 35.1 Å². The smallest absolute Gasteiger partial charge is 0.302 e. The van der Waals surface area contributed by atoms with Crippen LogP contribution < -0.4 is 0 Å². The fourth-order valence-electron chi connectivity index (χ4n) is 3.45. The largest absolute Gasteiger partial charge is 0.463 e. The predicted molar refractivity (Wildman–Crippen MR) is 94.1 cm³/mol. The lowest BCUT2D eigenvalue weighted by Crippen LogP contribution is -2.47. The lowest BCUT2D eigenvalue weighted by molar-refractivity contribution is -0.264. The summed E-state index contributed by atoms with van der Waals surface area (Å²) >= 11 is 0. The molecule has 0 bridgehead atoms. The van der Waals surface area contributed by atoms with Crippen molar-refractivity contribution in [3.05, 3.63) is 48.6 Å². The van der Waals surface area contributed by atoms with Crippen molar-refractivity contribution in [2.45, 2.75) is 63.7 Å². The molecule has 0 unspecified atom stereocenters. The zero-order valence-corrected chi connectivity index (χ0v) is 15.5. The lowest BCUT2D eigenvalue weighted by atomic mass is 9.92. The molecule has 3 rings (SSSR count). The Labute approximate surface area is 154 Å². The Morgan fingerprint density at radius 1 is 1.23 bits per heavy atom. The molecule has 0 amide bonds. The molecule has 0 radical (unpaired) electrons. The Morgan fingerprint density at radius 3 is 2.62 bits per heavy atom. The van der Waals surface area contributed by atoms with Crippen molar-refractivity contribution in [2.24, 2.45) is 0 Å². The van der Waals surface area contributed by atoms with Crippen LogP contribution in [0.5, 0.6) is 0 Å². The Bertz CT molecular complexity index is 643. The first-order valence-corrected chi connectivity index (χ1v) is 8.78. The normalized spacial score (nSPS) is 32.2. The number of hydrogen-bond donors (Lipinski definition) is 0. The van der Waals surface area contributed by atoms with E-state index in [4.69, 9.17) is 23.7 Å². The highest BCUT2D eigenvalue weighted by atomic mass is 16.8. The molecule has 0 spiro atoms. The molecule has 2 aliphatic heterocycles. The van der Waals surface area contributed by atoms with Crippen molar-refractivity contribution < 1.29 is 28.5 Å². The van der Waals surface area contributed by atoms with Crippen molar-refractivity contribution in [2.75, 3.05) is 6.61 Å². The average Bonchev–Trinajstić information content (AvgIpc) is 3.05. The number of carbonyl (C=O) groups excluding carboxylic acids is 1. The van der Waals surface area contributed by atoms with Gasteiger partial charge >= 0.3 is 5.97 Å². The van der Waals surface area contributed by atoms with E-state index < -0.39 is 29.9 Å². The van der Waals surface area contributed by atoms with Crippen molar-refractivity contribution in [1.29, 1.82) is 0 Å². The summed E-state index contributed by atoms with van der Waals surface area (Å²) in [6, 6.07) is 9.84. The summed E-state index contributed by atoms with van der Waals surface area (Å²) in [4.78, 5) is 11.4. The highest BCUT2D eigenvalue weighted by Gasteiger charge is 2.63. The van der Waals surface area contributed by atoms with Gasteiger partial charge in [-0.3, -0.25) is 4.79 Å². The van der Waals surface area contributed by atoms with Crippen molar-refractivity contribution in [3.63, 3.8) is 0 Å². The maximum Gasteiger partial charge on any atom is 0.302 e. The predicted octanol–water partition coefficient (Wildman–Crippen LogP) is 2.96. The van der Waals surface area contributed by atoms with Gasteiger partial charge in [0, 0.05) is 13.3 Å². The van der Waals surface area contributed by atoms with Crippen LogP contribution >= 0.6 is 0 Å². The van der Waals surface area contributed by atoms with Crippen molar-refractivity contribution in [3.8, 4) is 0 Å². The molecule has 1 aromatic rings. The second-order valence-electron chi connectivity index (χ2n) is 7.14. The molecule has 0 aromatic heterocycles. The van der Waals surface area contributed by atoms with E-state index in [0.29, 0.717) is 13.0 Å². The number of carbonyl (C=O) groups is 1. The highest BCUT2D eigenvalue weighted by Crippen LogP contribution is 2.46. The van der Waals surface area contributed by atoms with Crippen LogP contribution in [0.15, 0.2) is 43.0 Å². The van der Waals surface area contributed by atoms with Gasteiger partial charge in [-0.1, -0.05) is 36.4 Å². The second-order valence-corrected chi connectivity index (χ2v) is 7.14. The number of esters is 1. The van der Waals surface area contributed by atoms with E-state index in [0.717, 1.165) is 5.56 Å². The summed E-state index contributed by atoms with van der Waals surface area (Å²) in [5.41, 5.74) is 0.153. The van der Waals surface area contributed by atoms with Crippen LogP contribution in [0.25, 0.3) is 0 Å². The van der Waals surface area contributed by atoms with Gasteiger partial charge in [0.15, 0.2) is 12.1 Å². The fourth-order valence-corrected chi connectivity index (χ4v) is 3.45. The molecule has 6 nitrogen and oxygen atoms in total. The first kappa shape index (κ1) is 19.0. The van der Waals surface area contributed by atoms with Crippen molar-refractivity contribution >= 4 is 5.97 Å². The number of hydrogen-bond acceptors (Lipinski definition) is 6. The topological polar surface area (TPSA) is 63.2 Å². The maximum atomic E-state index is 11.4. The van der Waals surface area contributed by atoms with E-state index in [-0.39, 0.29) is 12.6 Å². The Morgan fingerprint density at radius 2 is 1.96 bits per heavy atom. The maximum absolute atomic E-state index is 11.4. The Balaban J connectivity index is 1.79. The van der Waals surface area contributed by atoms with E-state index in [2.05, 4.69) is 6.58 Å². The summed E-state index contributed by atoms with van der Waals surface area (Å²) in [5.74, 6) is -1.14. The molecule has 2 saturated heterocycles. The molecule has 1 aromatic carbocycles. The molecule has 0 saturated carbocycles. The van der Waals surface area contributed by atoms with Gasteiger partial charge in [-0.15, -0.1) is 6.58 Å². The van der Waals surface area contributed by atoms with Gasteiger partial charge in [-0.05, 0) is 19.4 Å². The van der Waals surface area contributed by atoms with E-state index in [1.807, 2.05) is 44.2 Å². The lowest BCUT2D eigenvalue weighted by Gasteiger charge is -2.33. The van der Waals surface area contributed by atoms with Gasteiger partial charge in [0.05, 0.1) is 6.61 Å². The highest BCUT2D eigenvalue weighted by molar-refractivity contribution is 5.66. The molecule has 2 fully saturated rings. The van der Waals surface area contributed by atoms with E-state index >= 15 is 0 Å². The van der Waals surface area contributed by atoms with Crippen LogP contribution in [0.2, 0.25) is 0 Å². The molecule has 142 valence electrons. The van der Waals surface area contributed by atoms with Gasteiger partial charge in [0.2, 0.25) is 0 Å². The first-order valence-electron chi connectivity index (χ1n) is 8.78. The summed E-state index contributed by atoms with van der Waals surface area (Å²) in [6.07, 6.45) is 0.721. The third kappa shape index (κ3) is 3.99. The van der Waals surface area contributed by atoms with Crippen LogP contribution in [0, 0.1) is 0 Å². The third-order valence-electron chi connectivity index (χ3n) is 4.53. The zero-order chi connectivity index (χ0) is 18.8. The molecular formula is C20H26O6. The number of fused-ring (bicyclic) bond motifs is 1. The standard InChI is InChI=1S/C20H26O6/c1-5-11-20(13-23-14(2)21)17-16(24-19(3,4)25-17)18(26-20)22-12-15-9-7-6-8-10-15/h5-10,16-18H,1,11-13H2,2-4H3/t16-,17+,18-,20+/m0/s1. The van der Waals surface area contributed by atoms with Gasteiger partial charge < -0.3 is 23.7 Å². The molecule has 6 heteroatoms. The number of ether oxygens (including phenoxy) is 5. The fraction of sp³-hybridized carbons (Fsp3) is 0.550. The van der Waals surface area contributed by atoms with Crippen LogP contribution in [0.1, 0.15) is 32.8 Å². The average molecular weight is 362 g/mol. The minimum atomic E-state index is -0.882. The second kappa shape index (κ2) is 7.48. The number of benzene rings is 1. The van der Waals surface area contributed by atoms with Gasteiger partial charge in [0.25, 0.3) is 0 Å². The molecule has 26 heavy (non-hydrogen) atoms. The van der Waals surface area contributed by atoms with Gasteiger partial charge in [-0.25, -0.2) is 0 Å². The Kier molecular flexibility index (Phi) is 5.48. The van der Waals surface area contributed by atoms with Gasteiger partial charge in [0.1, 0.15) is 24.4 Å². The third-order valence-corrected chi connectivity index (χ3v) is 4.53. The van der Waals surface area contributed by atoms with E-state index in [1.54, 1.807) is 6.08 Å². The minimum Gasteiger partial charge on any atom is -0.463 e. The summed E-state index contributed by atoms with van der Waals surface area (Å²) in [5, 5.41) is 0. The van der Waals surface area contributed by atoms with Crippen LogP contribution in [0.3, 0.4) is 0 Å². The molecular weight excluding hydrogens is 336 g/mol. The summed E-state index contributed by atoms with van der Waals surface area (Å²) in [7, 11) is 0. The van der Waals surface area contributed by atoms with E-state index in [9.17, 15) is 4.79 Å². The monoisotopic (exact) mass is 362 g/mol. The van der Waals surface area contributed by atoms with Crippen LogP contribution in [-0.4, -0.2) is 42.5 Å². The Hall–Kier alpha value is -1.73. The number of rotatable bonds is 7. The molecule has 2 aliphatic rings. The van der Waals surface area contributed by atoms with Gasteiger partial charge in [-0.2, -0.15) is 0 Å². The molecule has 0 aliphatic carbocycles. The summed E-state index contributed by atoms with van der Waals surface area (Å²) < 4.78 is 29.6. The first-order chi connectivity index (χ1) is 12.4. The van der Waals surface area contributed by atoms with E-state index in [1.165, 1.54) is 6.92 Å². The molecule has 2 heterocycles. The molecule has 0 N–H and O–H groups in total. The summed E-state index contributed by atoms with van der Waals surface area (Å²) in [6.45, 7) is 9.32. The van der Waals surface area contributed by atoms with Crippen LogP contribution in [0.4, 0.5) is 0 Å². The molecule has 4 atom stereocenters.